The van der Waals surface area contributed by atoms with Crippen LogP contribution in [0.2, 0.25) is 0 Å². The van der Waals surface area contributed by atoms with Crippen LogP contribution in [0, 0.1) is 0 Å². The van der Waals surface area contributed by atoms with E-state index in [-0.39, 0.29) is 17.3 Å². The molecular formula is C17H21N4O4S2+. The maximum absolute atomic E-state index is 12.6. The van der Waals surface area contributed by atoms with E-state index in [0.29, 0.717) is 36.7 Å². The van der Waals surface area contributed by atoms with Crippen LogP contribution in [0.4, 0.5) is 5.00 Å². The number of piperazine rings is 1. The van der Waals surface area contributed by atoms with Gasteiger partial charge in [0.15, 0.2) is 6.54 Å². The first kappa shape index (κ1) is 19.5. The summed E-state index contributed by atoms with van der Waals surface area (Å²) in [6.45, 7) is 1.98. The second-order valence-electron chi connectivity index (χ2n) is 6.22. The Kier molecular flexibility index (Phi) is 5.90. The monoisotopic (exact) mass is 409 g/mol. The molecule has 1 saturated heterocycles. The number of quaternary nitrogens is 1. The van der Waals surface area contributed by atoms with Crippen molar-refractivity contribution < 1.29 is 22.9 Å². The van der Waals surface area contributed by atoms with Crippen molar-refractivity contribution in [3.05, 3.63) is 47.3 Å². The Morgan fingerprint density at radius 3 is 2.44 bits per heavy atom. The standard InChI is InChI=1S/C17H20N4O4S2/c18-16(23)14-6-11-26-17(14)19-15(22)12-20-7-9-21(10-8-20)27(24,25)13-4-2-1-3-5-13/h1-6,11H,7-10,12H2,(H2,18,23)(H,19,22)/p+1. The maximum Gasteiger partial charge on any atom is 0.280 e. The summed E-state index contributed by atoms with van der Waals surface area (Å²) >= 11 is 1.24. The van der Waals surface area contributed by atoms with Gasteiger partial charge < -0.3 is 16.0 Å². The lowest BCUT2D eigenvalue weighted by Gasteiger charge is -2.31. The second kappa shape index (κ2) is 8.17. The molecule has 1 aromatic heterocycles. The molecule has 1 aliphatic heterocycles. The summed E-state index contributed by atoms with van der Waals surface area (Å²) in [6.07, 6.45) is 0. The molecule has 0 aliphatic carbocycles. The van der Waals surface area contributed by atoms with Gasteiger partial charge in [0.2, 0.25) is 10.0 Å². The Hall–Kier alpha value is -2.27. The number of nitrogens with two attached hydrogens (primary N) is 1. The first-order valence-electron chi connectivity index (χ1n) is 8.44. The van der Waals surface area contributed by atoms with Gasteiger partial charge in [0.1, 0.15) is 5.00 Å². The van der Waals surface area contributed by atoms with Crippen molar-refractivity contribution in [3.63, 3.8) is 0 Å². The Morgan fingerprint density at radius 1 is 1.15 bits per heavy atom. The molecule has 10 heteroatoms. The molecule has 144 valence electrons. The molecule has 2 amide bonds. The molecular weight excluding hydrogens is 388 g/mol. The third-order valence-electron chi connectivity index (χ3n) is 4.40. The lowest BCUT2D eigenvalue weighted by Crippen LogP contribution is -3.15. The van der Waals surface area contributed by atoms with Gasteiger partial charge in [-0.15, -0.1) is 11.3 Å². The fourth-order valence-electron chi connectivity index (χ4n) is 2.96. The minimum atomic E-state index is -3.50. The molecule has 0 bridgehead atoms. The van der Waals surface area contributed by atoms with E-state index >= 15 is 0 Å². The number of hydrogen-bond acceptors (Lipinski definition) is 5. The van der Waals surface area contributed by atoms with E-state index in [1.54, 1.807) is 41.8 Å². The van der Waals surface area contributed by atoms with Crippen molar-refractivity contribution in [2.75, 3.05) is 38.0 Å². The van der Waals surface area contributed by atoms with Gasteiger partial charge in [0.25, 0.3) is 11.8 Å². The maximum atomic E-state index is 12.6. The number of thiophene rings is 1. The van der Waals surface area contributed by atoms with Gasteiger partial charge in [0.05, 0.1) is 36.6 Å². The van der Waals surface area contributed by atoms with Crippen LogP contribution < -0.4 is 16.0 Å². The Balaban J connectivity index is 1.54. The van der Waals surface area contributed by atoms with E-state index in [1.165, 1.54) is 15.6 Å². The SMILES string of the molecule is NC(=O)c1ccsc1NC(=O)C[NH+]1CCN(S(=O)(=O)c2ccccc2)CC1. The normalized spacial score (nSPS) is 16.1. The van der Waals surface area contributed by atoms with Crippen molar-refractivity contribution in [2.45, 2.75) is 4.90 Å². The molecule has 3 rings (SSSR count). The van der Waals surface area contributed by atoms with E-state index in [0.717, 1.165) is 4.90 Å². The summed E-state index contributed by atoms with van der Waals surface area (Å²) in [5.74, 6) is -0.812. The molecule has 0 atom stereocenters. The highest BCUT2D eigenvalue weighted by Gasteiger charge is 2.31. The van der Waals surface area contributed by atoms with E-state index < -0.39 is 15.9 Å². The number of carbonyl (C=O) groups is 2. The molecule has 0 saturated carbocycles. The average molecular weight is 410 g/mol. The lowest BCUT2D eigenvalue weighted by atomic mass is 10.3. The molecule has 0 unspecified atom stereocenters. The largest absolute Gasteiger partial charge is 0.366 e. The van der Waals surface area contributed by atoms with Crippen LogP contribution in [-0.2, 0) is 14.8 Å². The lowest BCUT2D eigenvalue weighted by molar-refractivity contribution is -0.895. The minimum absolute atomic E-state index is 0.204. The number of benzene rings is 1. The highest BCUT2D eigenvalue weighted by molar-refractivity contribution is 7.89. The fraction of sp³-hybridized carbons (Fsp3) is 0.294. The molecule has 4 N–H and O–H groups in total. The topological polar surface area (TPSA) is 114 Å². The zero-order valence-electron chi connectivity index (χ0n) is 14.6. The highest BCUT2D eigenvalue weighted by Crippen LogP contribution is 2.22. The van der Waals surface area contributed by atoms with E-state index in [1.807, 2.05) is 0 Å². The third-order valence-corrected chi connectivity index (χ3v) is 7.15. The number of anilines is 1. The zero-order chi connectivity index (χ0) is 19.4. The average Bonchev–Trinajstić information content (AvgIpc) is 3.11. The molecule has 2 heterocycles. The van der Waals surface area contributed by atoms with Gasteiger partial charge in [-0.1, -0.05) is 18.2 Å². The van der Waals surface area contributed by atoms with Crippen LogP contribution >= 0.6 is 11.3 Å². The van der Waals surface area contributed by atoms with Crippen molar-refractivity contribution in [2.24, 2.45) is 5.73 Å². The van der Waals surface area contributed by atoms with Gasteiger partial charge in [-0.25, -0.2) is 8.42 Å². The number of primary amides is 1. The number of rotatable bonds is 6. The Bertz CT molecular complexity index is 919. The van der Waals surface area contributed by atoms with E-state index in [2.05, 4.69) is 5.32 Å². The summed E-state index contributed by atoms with van der Waals surface area (Å²) in [5, 5.41) is 4.84. The summed E-state index contributed by atoms with van der Waals surface area (Å²) in [6, 6.07) is 9.91. The Labute approximate surface area is 161 Å². The van der Waals surface area contributed by atoms with Crippen LogP contribution in [0.1, 0.15) is 10.4 Å². The van der Waals surface area contributed by atoms with Crippen LogP contribution in [0.15, 0.2) is 46.7 Å². The quantitative estimate of drug-likeness (QED) is 0.590. The van der Waals surface area contributed by atoms with Crippen LogP contribution in [-0.4, -0.2) is 57.3 Å². The van der Waals surface area contributed by atoms with Crippen LogP contribution in [0.5, 0.6) is 0 Å². The van der Waals surface area contributed by atoms with Crippen LogP contribution in [0.25, 0.3) is 0 Å². The molecule has 0 radical (unpaired) electrons. The van der Waals surface area contributed by atoms with Gasteiger partial charge >= 0.3 is 0 Å². The van der Waals surface area contributed by atoms with E-state index in [4.69, 9.17) is 5.73 Å². The molecule has 1 aliphatic rings. The number of hydrogen-bond donors (Lipinski definition) is 3. The summed E-state index contributed by atoms with van der Waals surface area (Å²) < 4.78 is 26.7. The number of sulfonamides is 1. The van der Waals surface area contributed by atoms with Crippen molar-refractivity contribution in [1.29, 1.82) is 0 Å². The molecule has 1 fully saturated rings. The second-order valence-corrected chi connectivity index (χ2v) is 9.07. The predicted molar refractivity (Wildman–Crippen MR) is 102 cm³/mol. The van der Waals surface area contributed by atoms with E-state index in [9.17, 15) is 18.0 Å². The summed E-state index contributed by atoms with van der Waals surface area (Å²) in [5.41, 5.74) is 5.57. The molecule has 27 heavy (non-hydrogen) atoms. The smallest absolute Gasteiger partial charge is 0.280 e. The summed E-state index contributed by atoms with van der Waals surface area (Å²) in [7, 11) is -3.50. The van der Waals surface area contributed by atoms with Gasteiger partial charge in [-0.05, 0) is 23.6 Å². The molecule has 8 nitrogen and oxygen atoms in total. The van der Waals surface area contributed by atoms with Gasteiger partial charge in [0, 0.05) is 0 Å². The number of nitrogens with one attached hydrogen (secondary N) is 2. The zero-order valence-corrected chi connectivity index (χ0v) is 16.2. The predicted octanol–water partition coefficient (Wildman–Crippen LogP) is -0.625. The Morgan fingerprint density at radius 2 is 1.81 bits per heavy atom. The fourth-order valence-corrected chi connectivity index (χ4v) is 5.23. The highest BCUT2D eigenvalue weighted by atomic mass is 32.2. The molecule has 0 spiro atoms. The number of amides is 2. The molecule has 1 aromatic carbocycles. The van der Waals surface area contributed by atoms with Crippen molar-refractivity contribution in [3.8, 4) is 0 Å². The minimum Gasteiger partial charge on any atom is -0.366 e. The van der Waals surface area contributed by atoms with Crippen molar-refractivity contribution in [1.82, 2.24) is 4.31 Å². The van der Waals surface area contributed by atoms with Gasteiger partial charge in [-0.3, -0.25) is 9.59 Å². The molecule has 2 aromatic rings. The first-order valence-corrected chi connectivity index (χ1v) is 10.8. The number of nitrogens with zero attached hydrogens (tertiary/aromatic N) is 1. The first-order chi connectivity index (χ1) is 12.9. The third kappa shape index (κ3) is 4.53. The van der Waals surface area contributed by atoms with Crippen LogP contribution in [0.3, 0.4) is 0 Å². The van der Waals surface area contributed by atoms with Gasteiger partial charge in [-0.2, -0.15) is 4.31 Å². The number of carbonyl (C=O) groups excluding carboxylic acids is 2. The summed E-state index contributed by atoms with van der Waals surface area (Å²) in [4.78, 5) is 24.8. The van der Waals surface area contributed by atoms with Crippen molar-refractivity contribution >= 4 is 38.2 Å².